The van der Waals surface area contributed by atoms with E-state index >= 15 is 0 Å². The second-order valence-electron chi connectivity index (χ2n) is 4.45. The van der Waals surface area contributed by atoms with Crippen molar-refractivity contribution in [3.63, 3.8) is 0 Å². The average molecular weight is 309 g/mol. The van der Waals surface area contributed by atoms with Crippen LogP contribution < -0.4 is 10.6 Å². The minimum atomic E-state index is -0.482. The molecule has 7 heteroatoms. The fourth-order valence-corrected chi connectivity index (χ4v) is 2.64. The second kappa shape index (κ2) is 6.53. The van der Waals surface area contributed by atoms with Crippen molar-refractivity contribution < 1.29 is 13.9 Å². The molecule has 1 heterocycles. The molecule has 0 aliphatic carbocycles. The van der Waals surface area contributed by atoms with E-state index in [1.807, 2.05) is 11.9 Å². The zero-order valence-electron chi connectivity index (χ0n) is 11.8. The molecule has 2 N–H and O–H groups in total. The van der Waals surface area contributed by atoms with Crippen LogP contribution in [0.25, 0.3) is 0 Å². The smallest absolute Gasteiger partial charge is 0.345 e. The number of esters is 1. The SMILES string of the molecule is CCOC(=O)c1c(N)nsc1N(C)Cc1ccc(F)cc1. The van der Waals surface area contributed by atoms with Crippen molar-refractivity contribution >= 4 is 28.3 Å². The van der Waals surface area contributed by atoms with Crippen molar-refractivity contribution in [1.29, 1.82) is 0 Å². The maximum absolute atomic E-state index is 12.9. The number of anilines is 2. The summed E-state index contributed by atoms with van der Waals surface area (Å²) in [5.74, 6) is -0.597. The van der Waals surface area contributed by atoms with Crippen LogP contribution in [0, 0.1) is 5.82 Å². The molecular formula is C14H16FN3O2S. The average Bonchev–Trinajstić information content (AvgIpc) is 2.83. The minimum Gasteiger partial charge on any atom is -0.462 e. The van der Waals surface area contributed by atoms with Gasteiger partial charge in [0.25, 0.3) is 0 Å². The molecule has 0 bridgehead atoms. The van der Waals surface area contributed by atoms with Crippen LogP contribution in [0.15, 0.2) is 24.3 Å². The number of hydrogen-bond donors (Lipinski definition) is 1. The van der Waals surface area contributed by atoms with Gasteiger partial charge in [-0.2, -0.15) is 4.37 Å². The van der Waals surface area contributed by atoms with Gasteiger partial charge in [0.1, 0.15) is 16.4 Å². The highest BCUT2D eigenvalue weighted by atomic mass is 32.1. The fraction of sp³-hybridized carbons (Fsp3) is 0.286. The molecule has 2 aromatic rings. The number of benzene rings is 1. The summed E-state index contributed by atoms with van der Waals surface area (Å²) in [5.41, 5.74) is 6.95. The molecule has 0 radical (unpaired) electrons. The lowest BCUT2D eigenvalue weighted by Gasteiger charge is -2.18. The van der Waals surface area contributed by atoms with Crippen LogP contribution in [-0.4, -0.2) is 24.0 Å². The Morgan fingerprint density at radius 3 is 2.71 bits per heavy atom. The normalized spacial score (nSPS) is 10.4. The molecule has 0 aliphatic heterocycles. The molecule has 0 atom stereocenters. The summed E-state index contributed by atoms with van der Waals surface area (Å²) >= 11 is 1.14. The fourth-order valence-electron chi connectivity index (χ4n) is 1.88. The maximum atomic E-state index is 12.9. The third-order valence-electron chi connectivity index (χ3n) is 2.86. The summed E-state index contributed by atoms with van der Waals surface area (Å²) in [5, 5.41) is 0.635. The number of nitrogens with two attached hydrogens (primary N) is 1. The Morgan fingerprint density at radius 2 is 2.10 bits per heavy atom. The number of hydrogen-bond acceptors (Lipinski definition) is 6. The first kappa shape index (κ1) is 15.2. The molecule has 21 heavy (non-hydrogen) atoms. The molecule has 1 aromatic carbocycles. The van der Waals surface area contributed by atoms with E-state index in [0.29, 0.717) is 11.5 Å². The molecule has 0 saturated heterocycles. The molecule has 1 aromatic heterocycles. The number of ether oxygens (including phenoxy) is 1. The lowest BCUT2D eigenvalue weighted by Crippen LogP contribution is -2.19. The molecule has 0 fully saturated rings. The van der Waals surface area contributed by atoms with Crippen molar-refractivity contribution in [3.05, 3.63) is 41.2 Å². The van der Waals surface area contributed by atoms with E-state index in [9.17, 15) is 9.18 Å². The van der Waals surface area contributed by atoms with E-state index in [1.54, 1.807) is 19.1 Å². The van der Waals surface area contributed by atoms with Gasteiger partial charge in [0.15, 0.2) is 5.82 Å². The largest absolute Gasteiger partial charge is 0.462 e. The van der Waals surface area contributed by atoms with Crippen LogP contribution in [0.1, 0.15) is 22.8 Å². The van der Waals surface area contributed by atoms with Gasteiger partial charge in [-0.05, 0) is 36.2 Å². The van der Waals surface area contributed by atoms with Crippen LogP contribution >= 0.6 is 11.5 Å². The van der Waals surface area contributed by atoms with Crippen molar-refractivity contribution in [2.75, 3.05) is 24.3 Å². The molecular weight excluding hydrogens is 293 g/mol. The number of nitrogen functional groups attached to an aromatic ring is 1. The standard InChI is InChI=1S/C14H16FN3O2S/c1-3-20-14(19)11-12(16)17-21-13(11)18(2)8-9-4-6-10(15)7-5-9/h4-7H,3,8H2,1-2H3,(H2,16,17). The molecule has 112 valence electrons. The summed E-state index contributed by atoms with van der Waals surface area (Å²) in [6.45, 7) is 2.51. The third kappa shape index (κ3) is 3.49. The van der Waals surface area contributed by atoms with E-state index in [2.05, 4.69) is 4.37 Å². The number of nitrogens with zero attached hydrogens (tertiary/aromatic N) is 2. The molecule has 0 amide bonds. The van der Waals surface area contributed by atoms with Gasteiger partial charge in [0.2, 0.25) is 0 Å². The zero-order chi connectivity index (χ0) is 15.4. The Balaban J connectivity index is 2.21. The Morgan fingerprint density at radius 1 is 1.43 bits per heavy atom. The van der Waals surface area contributed by atoms with E-state index < -0.39 is 5.97 Å². The topological polar surface area (TPSA) is 68.5 Å². The van der Waals surface area contributed by atoms with Gasteiger partial charge >= 0.3 is 5.97 Å². The number of aromatic nitrogens is 1. The van der Waals surface area contributed by atoms with E-state index in [0.717, 1.165) is 17.1 Å². The number of rotatable bonds is 5. The van der Waals surface area contributed by atoms with Gasteiger partial charge in [-0.1, -0.05) is 12.1 Å². The third-order valence-corrected chi connectivity index (χ3v) is 3.84. The predicted octanol–water partition coefficient (Wildman–Crippen LogP) is 2.68. The van der Waals surface area contributed by atoms with Crippen LogP contribution in [0.2, 0.25) is 0 Å². The Hall–Kier alpha value is -2.15. The van der Waals surface area contributed by atoms with Gasteiger partial charge in [-0.15, -0.1) is 0 Å². The maximum Gasteiger partial charge on any atom is 0.345 e. The summed E-state index contributed by atoms with van der Waals surface area (Å²) in [6, 6.07) is 6.19. The van der Waals surface area contributed by atoms with Crippen molar-refractivity contribution in [3.8, 4) is 0 Å². The van der Waals surface area contributed by atoms with Crippen LogP contribution in [0.5, 0.6) is 0 Å². The number of halogens is 1. The molecule has 0 saturated carbocycles. The number of carbonyl (C=O) groups excluding carboxylic acids is 1. The minimum absolute atomic E-state index is 0.166. The van der Waals surface area contributed by atoms with Crippen molar-refractivity contribution in [1.82, 2.24) is 4.37 Å². The molecule has 0 unspecified atom stereocenters. The molecule has 0 aliphatic rings. The van der Waals surface area contributed by atoms with Crippen LogP contribution in [0.3, 0.4) is 0 Å². The van der Waals surface area contributed by atoms with E-state index in [4.69, 9.17) is 10.5 Å². The van der Waals surface area contributed by atoms with E-state index in [-0.39, 0.29) is 23.8 Å². The first-order chi connectivity index (χ1) is 10.0. The van der Waals surface area contributed by atoms with Crippen LogP contribution in [0.4, 0.5) is 15.2 Å². The van der Waals surface area contributed by atoms with Gasteiger partial charge in [0.05, 0.1) is 6.61 Å². The molecule has 5 nitrogen and oxygen atoms in total. The predicted molar refractivity (Wildman–Crippen MR) is 81.0 cm³/mol. The summed E-state index contributed by atoms with van der Waals surface area (Å²) in [7, 11) is 1.82. The molecule has 2 rings (SSSR count). The van der Waals surface area contributed by atoms with Gasteiger partial charge in [-0.3, -0.25) is 0 Å². The molecule has 0 spiro atoms. The number of carbonyl (C=O) groups is 1. The highest BCUT2D eigenvalue weighted by Gasteiger charge is 2.23. The summed E-state index contributed by atoms with van der Waals surface area (Å²) in [4.78, 5) is 13.8. The Kier molecular flexibility index (Phi) is 4.74. The quantitative estimate of drug-likeness (QED) is 0.860. The first-order valence-corrected chi connectivity index (χ1v) is 7.18. The monoisotopic (exact) mass is 309 g/mol. The van der Waals surface area contributed by atoms with Crippen molar-refractivity contribution in [2.24, 2.45) is 0 Å². The Labute approximate surface area is 126 Å². The highest BCUT2D eigenvalue weighted by Crippen LogP contribution is 2.31. The van der Waals surface area contributed by atoms with Gasteiger partial charge in [-0.25, -0.2) is 9.18 Å². The van der Waals surface area contributed by atoms with E-state index in [1.165, 1.54) is 12.1 Å². The summed E-state index contributed by atoms with van der Waals surface area (Å²) in [6.07, 6.45) is 0. The Bertz CT molecular complexity index is 628. The second-order valence-corrected chi connectivity index (χ2v) is 5.20. The highest BCUT2D eigenvalue weighted by molar-refractivity contribution is 7.11. The van der Waals surface area contributed by atoms with Gasteiger partial charge < -0.3 is 15.4 Å². The lowest BCUT2D eigenvalue weighted by molar-refractivity contribution is 0.0528. The van der Waals surface area contributed by atoms with Crippen LogP contribution in [-0.2, 0) is 11.3 Å². The van der Waals surface area contributed by atoms with Crippen molar-refractivity contribution in [2.45, 2.75) is 13.5 Å². The first-order valence-electron chi connectivity index (χ1n) is 6.40. The summed E-state index contributed by atoms with van der Waals surface area (Å²) < 4.78 is 21.9. The van der Waals surface area contributed by atoms with Gasteiger partial charge in [0, 0.05) is 13.6 Å². The lowest BCUT2D eigenvalue weighted by atomic mass is 10.2. The zero-order valence-corrected chi connectivity index (χ0v) is 12.6.